The Kier molecular flexibility index (Phi) is 7.52. The number of likely N-dealkylation sites (N-methyl/N-ethyl adjacent to an activating group) is 1. The fraction of sp³-hybridized carbons (Fsp3) is 0.346. The zero-order valence-corrected chi connectivity index (χ0v) is 19.0. The molecule has 0 bridgehead atoms. The number of hydrogen-bond donors (Lipinski definition) is 3. The molecule has 2 heterocycles. The molecule has 1 aliphatic rings. The summed E-state index contributed by atoms with van der Waals surface area (Å²) < 4.78 is 0. The number of benzene rings is 2. The zero-order valence-electron chi connectivity index (χ0n) is 19.0. The lowest BCUT2D eigenvalue weighted by Crippen LogP contribution is -2.44. The molecule has 1 aromatic heterocycles. The van der Waals surface area contributed by atoms with E-state index in [0.717, 1.165) is 36.2 Å². The average Bonchev–Trinajstić information content (AvgIpc) is 2.85. The van der Waals surface area contributed by atoms with Crippen LogP contribution in [-0.2, 0) is 6.42 Å². The summed E-state index contributed by atoms with van der Waals surface area (Å²) in [6, 6.07) is 17.0. The molecule has 1 amide bonds. The molecule has 1 atom stereocenters. The number of phenols is 1. The van der Waals surface area contributed by atoms with Crippen LogP contribution < -0.4 is 10.6 Å². The molecule has 172 valence electrons. The number of likely N-dealkylation sites (tertiary alicyclic amines) is 1. The first-order chi connectivity index (χ1) is 16.1. The van der Waals surface area contributed by atoms with Gasteiger partial charge < -0.3 is 20.6 Å². The Morgan fingerprint density at radius 1 is 1.15 bits per heavy atom. The molecular weight excluding hydrogens is 414 g/mol. The first-order valence-corrected chi connectivity index (χ1v) is 11.5. The van der Waals surface area contributed by atoms with Crippen molar-refractivity contribution in [3.8, 4) is 17.0 Å². The maximum absolute atomic E-state index is 12.8. The van der Waals surface area contributed by atoms with Crippen molar-refractivity contribution in [3.05, 3.63) is 71.9 Å². The van der Waals surface area contributed by atoms with E-state index in [4.69, 9.17) is 0 Å². The summed E-state index contributed by atoms with van der Waals surface area (Å²) in [5, 5.41) is 15.7. The number of nitrogens with one attached hydrogen (secondary N) is 2. The Balaban J connectivity index is 1.36. The van der Waals surface area contributed by atoms with Crippen LogP contribution in [0.3, 0.4) is 0 Å². The van der Waals surface area contributed by atoms with Gasteiger partial charge in [-0.05, 0) is 68.8 Å². The van der Waals surface area contributed by atoms with Crippen LogP contribution in [0.1, 0.15) is 35.2 Å². The van der Waals surface area contributed by atoms with Crippen molar-refractivity contribution in [2.45, 2.75) is 31.7 Å². The minimum atomic E-state index is -0.0582. The molecule has 1 fully saturated rings. The lowest BCUT2D eigenvalue weighted by atomic mass is 10.0. The highest BCUT2D eigenvalue weighted by Gasteiger charge is 2.19. The van der Waals surface area contributed by atoms with Gasteiger partial charge in [-0.3, -0.25) is 4.79 Å². The number of amides is 1. The Morgan fingerprint density at radius 2 is 2.00 bits per heavy atom. The van der Waals surface area contributed by atoms with Crippen LogP contribution in [0.5, 0.6) is 5.75 Å². The normalized spacial score (nSPS) is 16.3. The average molecular weight is 446 g/mol. The second-order valence-electron chi connectivity index (χ2n) is 8.53. The van der Waals surface area contributed by atoms with Gasteiger partial charge in [0.25, 0.3) is 5.91 Å². The molecule has 7 nitrogen and oxygen atoms in total. The number of carbonyl (C=O) groups is 1. The van der Waals surface area contributed by atoms with Crippen LogP contribution in [0.2, 0.25) is 0 Å². The molecular formula is C26H31N5O2. The lowest BCUT2D eigenvalue weighted by molar-refractivity contribution is 0.0928. The Hall–Kier alpha value is -3.45. The fourth-order valence-electron chi connectivity index (χ4n) is 4.12. The van der Waals surface area contributed by atoms with Gasteiger partial charge in [0.2, 0.25) is 5.95 Å². The Bertz CT molecular complexity index is 1070. The second kappa shape index (κ2) is 10.9. The predicted octanol–water partition coefficient (Wildman–Crippen LogP) is 3.72. The maximum atomic E-state index is 12.8. The minimum absolute atomic E-state index is 0.0582. The van der Waals surface area contributed by atoms with Gasteiger partial charge in [-0.25, -0.2) is 9.97 Å². The van der Waals surface area contributed by atoms with Crippen molar-refractivity contribution in [3.63, 3.8) is 0 Å². The summed E-state index contributed by atoms with van der Waals surface area (Å²) in [6.45, 7) is 2.43. The summed E-state index contributed by atoms with van der Waals surface area (Å²) in [5.41, 5.74) is 3.39. The van der Waals surface area contributed by atoms with E-state index >= 15 is 0 Å². The molecule has 0 radical (unpaired) electrons. The van der Waals surface area contributed by atoms with Gasteiger partial charge in [0.15, 0.2) is 0 Å². The fourth-order valence-corrected chi connectivity index (χ4v) is 4.12. The van der Waals surface area contributed by atoms with E-state index in [-0.39, 0.29) is 11.7 Å². The van der Waals surface area contributed by atoms with E-state index in [0.29, 0.717) is 30.6 Å². The Labute approximate surface area is 194 Å². The monoisotopic (exact) mass is 445 g/mol. The quantitative estimate of drug-likeness (QED) is 0.490. The highest BCUT2D eigenvalue weighted by Crippen LogP contribution is 2.20. The molecule has 3 aromatic rings. The number of hydrogen-bond acceptors (Lipinski definition) is 6. The molecule has 0 spiro atoms. The number of rotatable bonds is 8. The molecule has 0 saturated carbocycles. The second-order valence-corrected chi connectivity index (χ2v) is 8.53. The molecule has 0 aliphatic carbocycles. The summed E-state index contributed by atoms with van der Waals surface area (Å²) in [6.07, 6.45) is 6.09. The number of aromatic nitrogens is 2. The summed E-state index contributed by atoms with van der Waals surface area (Å²) in [5.74, 6) is 0.749. The molecule has 1 aliphatic heterocycles. The maximum Gasteiger partial charge on any atom is 0.251 e. The van der Waals surface area contributed by atoms with Gasteiger partial charge in [-0.15, -0.1) is 0 Å². The minimum Gasteiger partial charge on any atom is -0.508 e. The van der Waals surface area contributed by atoms with Crippen LogP contribution in [0.25, 0.3) is 11.3 Å². The molecule has 2 aromatic carbocycles. The van der Waals surface area contributed by atoms with Gasteiger partial charge in [0.05, 0.1) is 5.69 Å². The Morgan fingerprint density at radius 3 is 2.82 bits per heavy atom. The number of carbonyl (C=O) groups excluding carboxylic acids is 1. The van der Waals surface area contributed by atoms with Crippen LogP contribution >= 0.6 is 0 Å². The van der Waals surface area contributed by atoms with Crippen LogP contribution in [0.4, 0.5) is 5.95 Å². The van der Waals surface area contributed by atoms with Crippen molar-refractivity contribution in [1.82, 2.24) is 20.2 Å². The standard InChI is InChI=1S/C26H31N5O2/c1-31-16-3-2-7-22(31)18-29-25(33)21-6-4-5-20(17-21)24-13-15-28-26(30-24)27-14-12-19-8-10-23(32)11-9-19/h4-6,8-11,13,15,17,22,32H,2-3,7,12,14,16,18H2,1H3,(H,29,33)(H,27,28,30). The first kappa shape index (κ1) is 22.7. The smallest absolute Gasteiger partial charge is 0.251 e. The van der Waals surface area contributed by atoms with E-state index in [2.05, 4.69) is 32.5 Å². The van der Waals surface area contributed by atoms with Crippen molar-refractivity contribution in [1.29, 1.82) is 0 Å². The highest BCUT2D eigenvalue weighted by molar-refractivity contribution is 5.95. The van der Waals surface area contributed by atoms with Crippen molar-refractivity contribution < 1.29 is 9.90 Å². The van der Waals surface area contributed by atoms with E-state index < -0.39 is 0 Å². The zero-order chi connectivity index (χ0) is 23.0. The predicted molar refractivity (Wildman–Crippen MR) is 130 cm³/mol. The van der Waals surface area contributed by atoms with Crippen molar-refractivity contribution >= 4 is 11.9 Å². The van der Waals surface area contributed by atoms with Crippen molar-refractivity contribution in [2.75, 3.05) is 32.0 Å². The number of aromatic hydroxyl groups is 1. The summed E-state index contributed by atoms with van der Waals surface area (Å²) in [4.78, 5) is 24.0. The molecule has 1 saturated heterocycles. The van der Waals surface area contributed by atoms with Gasteiger partial charge in [0.1, 0.15) is 5.75 Å². The third-order valence-corrected chi connectivity index (χ3v) is 6.13. The van der Waals surface area contributed by atoms with Gasteiger partial charge >= 0.3 is 0 Å². The number of anilines is 1. The van der Waals surface area contributed by atoms with Gasteiger partial charge in [-0.2, -0.15) is 0 Å². The third-order valence-electron chi connectivity index (χ3n) is 6.13. The number of phenolic OH excluding ortho intramolecular Hbond substituents is 1. The number of piperidine rings is 1. The van der Waals surface area contributed by atoms with E-state index in [1.54, 1.807) is 18.3 Å². The topological polar surface area (TPSA) is 90.4 Å². The third kappa shape index (κ3) is 6.29. The summed E-state index contributed by atoms with van der Waals surface area (Å²) >= 11 is 0. The van der Waals surface area contributed by atoms with E-state index in [9.17, 15) is 9.90 Å². The van der Waals surface area contributed by atoms with E-state index in [1.807, 2.05) is 42.5 Å². The molecule has 1 unspecified atom stereocenters. The molecule has 3 N–H and O–H groups in total. The van der Waals surface area contributed by atoms with Gasteiger partial charge in [0, 0.05) is 36.5 Å². The van der Waals surface area contributed by atoms with E-state index in [1.165, 1.54) is 12.8 Å². The summed E-state index contributed by atoms with van der Waals surface area (Å²) in [7, 11) is 2.13. The van der Waals surface area contributed by atoms with Crippen molar-refractivity contribution in [2.24, 2.45) is 0 Å². The number of nitrogens with zero attached hydrogens (tertiary/aromatic N) is 3. The highest BCUT2D eigenvalue weighted by atomic mass is 16.3. The van der Waals surface area contributed by atoms with Crippen LogP contribution in [-0.4, -0.2) is 58.6 Å². The molecule has 4 rings (SSSR count). The SMILES string of the molecule is CN1CCCCC1CNC(=O)c1cccc(-c2ccnc(NCCc3ccc(O)cc3)n2)c1. The first-order valence-electron chi connectivity index (χ1n) is 11.5. The molecule has 33 heavy (non-hydrogen) atoms. The van der Waals surface area contributed by atoms with Gasteiger partial charge in [-0.1, -0.05) is 30.7 Å². The molecule has 7 heteroatoms. The largest absolute Gasteiger partial charge is 0.508 e. The van der Waals surface area contributed by atoms with Crippen LogP contribution in [0.15, 0.2) is 60.8 Å². The lowest BCUT2D eigenvalue weighted by Gasteiger charge is -2.32. The van der Waals surface area contributed by atoms with Crippen LogP contribution in [0, 0.1) is 0 Å².